The van der Waals surface area contributed by atoms with Crippen molar-refractivity contribution < 1.29 is 38.1 Å². The number of thioether (sulfide) groups is 4. The van der Waals surface area contributed by atoms with Crippen LogP contribution in [0, 0.1) is 23.7 Å². The van der Waals surface area contributed by atoms with Crippen LogP contribution in [0.3, 0.4) is 0 Å². The average Bonchev–Trinajstić information content (AvgIpc) is 3.55. The van der Waals surface area contributed by atoms with Crippen LogP contribution in [0.1, 0.15) is 47.9 Å². The molecule has 0 bridgehead atoms. The molecule has 4 aromatic carbocycles. The van der Waals surface area contributed by atoms with Gasteiger partial charge in [0, 0.05) is 42.6 Å². The van der Waals surface area contributed by atoms with E-state index in [1.54, 1.807) is 71.3 Å². The molecule has 8 nitrogen and oxygen atoms in total. The fourth-order valence-electron chi connectivity index (χ4n) is 6.59. The molecular formula is C41H42O8S4. The largest absolute Gasteiger partial charge is 0.465 e. The number of methoxy groups -OCH3 is 4. The highest BCUT2D eigenvalue weighted by atomic mass is 32.2. The number of ether oxygens (including phenoxy) is 4. The summed E-state index contributed by atoms with van der Waals surface area (Å²) < 4.78 is 20.4. The summed E-state index contributed by atoms with van der Waals surface area (Å²) in [4.78, 5) is 54.2. The number of carbonyl (C=O) groups excluding carboxylic acids is 4. The minimum atomic E-state index is -0.379. The van der Waals surface area contributed by atoms with E-state index in [2.05, 4.69) is 0 Å². The molecule has 5 rings (SSSR count). The lowest BCUT2D eigenvalue weighted by Gasteiger charge is -2.27. The van der Waals surface area contributed by atoms with E-state index in [9.17, 15) is 19.2 Å². The molecule has 4 unspecified atom stereocenters. The number of esters is 4. The highest BCUT2D eigenvalue weighted by molar-refractivity contribution is 8.00. The molecule has 0 radical (unpaired) electrons. The van der Waals surface area contributed by atoms with E-state index in [0.29, 0.717) is 22.3 Å². The first-order valence-corrected chi connectivity index (χ1v) is 20.9. The fraction of sp³-hybridized carbons (Fsp3) is 0.317. The van der Waals surface area contributed by atoms with Gasteiger partial charge in [-0.15, -0.1) is 47.0 Å². The predicted molar refractivity (Wildman–Crippen MR) is 213 cm³/mol. The maximum absolute atomic E-state index is 12.7. The molecule has 0 amide bonds. The molecule has 4 atom stereocenters. The van der Waals surface area contributed by atoms with E-state index < -0.39 is 0 Å². The lowest BCUT2D eigenvalue weighted by atomic mass is 9.91. The first-order valence-electron chi connectivity index (χ1n) is 17.0. The summed E-state index contributed by atoms with van der Waals surface area (Å²) in [6.45, 7) is 0. The minimum absolute atomic E-state index is 0.197. The molecule has 1 aliphatic rings. The van der Waals surface area contributed by atoms with Gasteiger partial charge in [-0.25, -0.2) is 19.2 Å². The van der Waals surface area contributed by atoms with Crippen LogP contribution in [-0.4, -0.2) is 75.3 Å². The molecule has 1 saturated carbocycles. The van der Waals surface area contributed by atoms with Gasteiger partial charge in [-0.1, -0.05) is 48.5 Å². The third-order valence-electron chi connectivity index (χ3n) is 9.30. The zero-order valence-corrected chi connectivity index (χ0v) is 33.2. The Morgan fingerprint density at radius 1 is 0.434 bits per heavy atom. The number of benzene rings is 4. The quantitative estimate of drug-likeness (QED) is 0.0614. The highest BCUT2D eigenvalue weighted by Gasteiger charge is 2.43. The molecular weight excluding hydrogens is 749 g/mol. The average molecular weight is 791 g/mol. The number of carbonyl (C=O) groups is 4. The summed E-state index contributed by atoms with van der Waals surface area (Å²) >= 11 is 6.62. The Hall–Kier alpha value is -3.84. The van der Waals surface area contributed by atoms with Crippen molar-refractivity contribution in [2.45, 2.75) is 26.0 Å². The van der Waals surface area contributed by atoms with Crippen molar-refractivity contribution in [2.75, 3.05) is 51.5 Å². The molecule has 12 heteroatoms. The molecule has 0 spiro atoms. The summed E-state index contributed by atoms with van der Waals surface area (Å²) in [5.74, 6) is 2.38. The van der Waals surface area contributed by atoms with Gasteiger partial charge in [0.1, 0.15) is 0 Å². The van der Waals surface area contributed by atoms with Gasteiger partial charge in [0.2, 0.25) is 0 Å². The maximum atomic E-state index is 12.7. The Bertz CT molecular complexity index is 1760. The Morgan fingerprint density at radius 3 is 0.943 bits per heavy atom. The van der Waals surface area contributed by atoms with E-state index in [-0.39, 0.29) is 47.5 Å². The molecule has 278 valence electrons. The van der Waals surface area contributed by atoms with Gasteiger partial charge in [0.15, 0.2) is 0 Å². The van der Waals surface area contributed by atoms with Crippen LogP contribution in [0.25, 0.3) is 0 Å². The van der Waals surface area contributed by atoms with Gasteiger partial charge < -0.3 is 18.9 Å². The summed E-state index contributed by atoms with van der Waals surface area (Å²) in [6, 6.07) is 30.0. The van der Waals surface area contributed by atoms with Gasteiger partial charge in [0.25, 0.3) is 0 Å². The normalized spacial score (nSPS) is 17.9. The van der Waals surface area contributed by atoms with E-state index in [1.165, 1.54) is 28.4 Å². The fourth-order valence-corrected chi connectivity index (χ4v) is 11.9. The second-order valence-corrected chi connectivity index (χ2v) is 16.5. The summed E-state index contributed by atoms with van der Waals surface area (Å²) in [7, 11) is 5.56. The molecule has 1 aliphatic carbocycles. The van der Waals surface area contributed by atoms with Crippen LogP contribution >= 0.6 is 47.0 Å². The third-order valence-corrected chi connectivity index (χ3v) is 14.3. The lowest BCUT2D eigenvalue weighted by molar-refractivity contribution is 0.0588. The Morgan fingerprint density at radius 2 is 0.679 bits per heavy atom. The second-order valence-electron chi connectivity index (χ2n) is 12.3. The number of rotatable bonds is 16. The third kappa shape index (κ3) is 10.2. The number of hydrogen-bond donors (Lipinski definition) is 0. The lowest BCUT2D eigenvalue weighted by Crippen LogP contribution is -2.24. The predicted octanol–water partition coefficient (Wildman–Crippen LogP) is 9.17. The molecule has 53 heavy (non-hydrogen) atoms. The van der Waals surface area contributed by atoms with Gasteiger partial charge in [-0.05, 0) is 78.6 Å². The van der Waals surface area contributed by atoms with Gasteiger partial charge >= 0.3 is 23.9 Å². The van der Waals surface area contributed by atoms with E-state index in [4.69, 9.17) is 18.9 Å². The topological polar surface area (TPSA) is 105 Å². The van der Waals surface area contributed by atoms with Crippen molar-refractivity contribution in [3.8, 4) is 0 Å². The minimum Gasteiger partial charge on any atom is -0.465 e. The molecule has 0 aromatic heterocycles. The van der Waals surface area contributed by atoms with Crippen molar-refractivity contribution in [1.82, 2.24) is 0 Å². The standard InChI is InChI=1S/C41H42O8S4/c1-46-38(42)28-13-5-9-17-34(28)50-22-26-21-27(23-51-35-18-10-6-14-29(35)39(43)47-2)33(25-53-37-20-12-8-16-31(37)41(45)49-4)32(26)24-52-36-19-11-7-15-30(36)40(44)48-3/h5-20,26-27,32-33H,21-25H2,1-4H3. The SMILES string of the molecule is COC(=O)c1ccccc1SCC1CC(CSc2ccccc2C(=O)OC)C(CSc2ccccc2C(=O)OC)C1CSc1ccccc1C(=O)OC. The van der Waals surface area contributed by atoms with Gasteiger partial charge in [-0.3, -0.25) is 0 Å². The highest BCUT2D eigenvalue weighted by Crippen LogP contribution is 2.50. The first-order chi connectivity index (χ1) is 25.8. The second kappa shape index (κ2) is 20.0. The van der Waals surface area contributed by atoms with Crippen molar-refractivity contribution in [2.24, 2.45) is 23.7 Å². The van der Waals surface area contributed by atoms with Crippen molar-refractivity contribution in [1.29, 1.82) is 0 Å². The Labute approximate surface area is 327 Å². The maximum Gasteiger partial charge on any atom is 0.338 e. The smallest absolute Gasteiger partial charge is 0.338 e. The van der Waals surface area contributed by atoms with Crippen molar-refractivity contribution in [3.63, 3.8) is 0 Å². The molecule has 1 fully saturated rings. The zero-order valence-electron chi connectivity index (χ0n) is 30.0. The summed E-state index contributed by atoms with van der Waals surface area (Å²) in [6.07, 6.45) is 0.911. The zero-order chi connectivity index (χ0) is 37.7. The molecule has 0 aliphatic heterocycles. The first kappa shape index (κ1) is 40.3. The van der Waals surface area contributed by atoms with E-state index in [1.807, 2.05) is 72.8 Å². The Balaban J connectivity index is 1.49. The van der Waals surface area contributed by atoms with Crippen LogP contribution < -0.4 is 0 Å². The van der Waals surface area contributed by atoms with Crippen LogP contribution in [0.4, 0.5) is 0 Å². The molecule has 0 N–H and O–H groups in total. The van der Waals surface area contributed by atoms with Crippen LogP contribution in [-0.2, 0) is 18.9 Å². The van der Waals surface area contributed by atoms with Gasteiger partial charge in [0.05, 0.1) is 50.7 Å². The monoisotopic (exact) mass is 790 g/mol. The summed E-state index contributed by atoms with van der Waals surface area (Å²) in [5.41, 5.74) is 2.13. The van der Waals surface area contributed by atoms with Crippen LogP contribution in [0.2, 0.25) is 0 Å². The molecule has 0 heterocycles. The van der Waals surface area contributed by atoms with Crippen molar-refractivity contribution >= 4 is 70.9 Å². The summed E-state index contributed by atoms with van der Waals surface area (Å²) in [5, 5.41) is 0. The van der Waals surface area contributed by atoms with Crippen LogP contribution in [0.15, 0.2) is 117 Å². The van der Waals surface area contributed by atoms with E-state index in [0.717, 1.165) is 49.0 Å². The Kier molecular flexibility index (Phi) is 15.2. The van der Waals surface area contributed by atoms with Crippen LogP contribution in [0.5, 0.6) is 0 Å². The molecule has 4 aromatic rings. The van der Waals surface area contributed by atoms with Gasteiger partial charge in [-0.2, -0.15) is 0 Å². The number of hydrogen-bond acceptors (Lipinski definition) is 12. The van der Waals surface area contributed by atoms with E-state index >= 15 is 0 Å². The van der Waals surface area contributed by atoms with Crippen molar-refractivity contribution in [3.05, 3.63) is 119 Å². The molecule has 0 saturated heterocycles.